The minimum absolute atomic E-state index is 0.0496. The molecule has 0 atom stereocenters. The van der Waals surface area contributed by atoms with E-state index in [1.165, 1.54) is 10.4 Å². The Kier molecular flexibility index (Phi) is 5.94. The Labute approximate surface area is 160 Å². The van der Waals surface area contributed by atoms with E-state index in [0.717, 1.165) is 11.1 Å². The van der Waals surface area contributed by atoms with Crippen LogP contribution in [0.2, 0.25) is 0 Å². The van der Waals surface area contributed by atoms with Gasteiger partial charge in [-0.25, -0.2) is 8.42 Å². The van der Waals surface area contributed by atoms with Crippen LogP contribution in [0.25, 0.3) is 0 Å². The van der Waals surface area contributed by atoms with Gasteiger partial charge in [-0.1, -0.05) is 36.4 Å². The number of morpholine rings is 1. The van der Waals surface area contributed by atoms with E-state index in [-0.39, 0.29) is 16.4 Å². The van der Waals surface area contributed by atoms with Crippen molar-refractivity contribution in [2.75, 3.05) is 33.4 Å². The Morgan fingerprint density at radius 2 is 1.70 bits per heavy atom. The maximum atomic E-state index is 13.0. The van der Waals surface area contributed by atoms with Crippen LogP contribution in [0.3, 0.4) is 0 Å². The average Bonchev–Trinajstić information content (AvgIpc) is 2.69. The topological polar surface area (TPSA) is 66.9 Å². The molecule has 0 aromatic heterocycles. The number of ether oxygens (including phenoxy) is 1. The number of amides is 1. The third-order valence-corrected chi connectivity index (χ3v) is 6.68. The third kappa shape index (κ3) is 4.21. The van der Waals surface area contributed by atoms with Crippen LogP contribution in [-0.4, -0.2) is 56.9 Å². The Morgan fingerprint density at radius 3 is 2.41 bits per heavy atom. The molecule has 1 amide bonds. The molecule has 1 aliphatic heterocycles. The predicted molar refractivity (Wildman–Crippen MR) is 103 cm³/mol. The minimum atomic E-state index is -3.75. The highest BCUT2D eigenvalue weighted by Crippen LogP contribution is 2.23. The first kappa shape index (κ1) is 19.5. The van der Waals surface area contributed by atoms with Gasteiger partial charge in [-0.2, -0.15) is 4.31 Å². The van der Waals surface area contributed by atoms with Crippen LogP contribution in [0.15, 0.2) is 53.4 Å². The molecule has 3 rings (SSSR count). The Bertz CT molecular complexity index is 921. The van der Waals surface area contributed by atoms with Gasteiger partial charge in [-0.15, -0.1) is 0 Å². The molecule has 1 heterocycles. The number of benzene rings is 2. The molecule has 0 spiro atoms. The number of carbonyl (C=O) groups is 1. The van der Waals surface area contributed by atoms with Crippen molar-refractivity contribution < 1.29 is 17.9 Å². The molecule has 0 N–H and O–H groups in total. The number of aryl methyl sites for hydroxylation is 1. The number of hydrogen-bond acceptors (Lipinski definition) is 4. The standard InChI is InChI=1S/C20H24N2O4S/c1-16-7-3-4-8-17(16)15-21(2)20(23)18-9-5-6-10-19(18)27(24,25)22-11-13-26-14-12-22/h3-10H,11-15H2,1-2H3. The van der Waals surface area contributed by atoms with E-state index in [2.05, 4.69) is 0 Å². The number of nitrogens with zero attached hydrogens (tertiary/aromatic N) is 2. The van der Waals surface area contributed by atoms with Crippen molar-refractivity contribution in [3.63, 3.8) is 0 Å². The summed E-state index contributed by atoms with van der Waals surface area (Å²) in [6.07, 6.45) is 0. The van der Waals surface area contributed by atoms with Crippen LogP contribution in [0.5, 0.6) is 0 Å². The van der Waals surface area contributed by atoms with Gasteiger partial charge < -0.3 is 9.64 Å². The van der Waals surface area contributed by atoms with Crippen molar-refractivity contribution in [2.45, 2.75) is 18.4 Å². The fourth-order valence-electron chi connectivity index (χ4n) is 3.11. The zero-order valence-corrected chi connectivity index (χ0v) is 16.4. The van der Waals surface area contributed by atoms with Gasteiger partial charge in [0.25, 0.3) is 5.91 Å². The summed E-state index contributed by atoms with van der Waals surface area (Å²) in [6.45, 7) is 3.72. The minimum Gasteiger partial charge on any atom is -0.379 e. The maximum absolute atomic E-state index is 13.0. The van der Waals surface area contributed by atoms with Gasteiger partial charge >= 0.3 is 0 Å². The highest BCUT2D eigenvalue weighted by atomic mass is 32.2. The fraction of sp³-hybridized carbons (Fsp3) is 0.350. The van der Waals surface area contributed by atoms with Crippen LogP contribution in [-0.2, 0) is 21.3 Å². The highest BCUT2D eigenvalue weighted by Gasteiger charge is 2.30. The number of rotatable bonds is 5. The Balaban J connectivity index is 1.88. The van der Waals surface area contributed by atoms with Crippen LogP contribution >= 0.6 is 0 Å². The smallest absolute Gasteiger partial charge is 0.255 e. The number of sulfonamides is 1. The molecule has 27 heavy (non-hydrogen) atoms. The summed E-state index contributed by atoms with van der Waals surface area (Å²) < 4.78 is 32.7. The van der Waals surface area contributed by atoms with Gasteiger partial charge in [0.05, 0.1) is 23.7 Å². The Hall–Kier alpha value is -2.22. The van der Waals surface area contributed by atoms with Gasteiger partial charge in [0, 0.05) is 26.7 Å². The summed E-state index contributed by atoms with van der Waals surface area (Å²) >= 11 is 0. The quantitative estimate of drug-likeness (QED) is 0.788. The van der Waals surface area contributed by atoms with Crippen LogP contribution in [0, 0.1) is 6.92 Å². The van der Waals surface area contributed by atoms with E-state index >= 15 is 0 Å². The van der Waals surface area contributed by atoms with E-state index in [9.17, 15) is 13.2 Å². The van der Waals surface area contributed by atoms with E-state index in [1.807, 2.05) is 31.2 Å². The molecule has 0 unspecified atom stereocenters. The normalized spacial score (nSPS) is 15.5. The Morgan fingerprint density at radius 1 is 1.07 bits per heavy atom. The summed E-state index contributed by atoms with van der Waals surface area (Å²) in [5, 5.41) is 0. The fourth-order valence-corrected chi connectivity index (χ4v) is 4.71. The molecule has 6 nitrogen and oxygen atoms in total. The van der Waals surface area contributed by atoms with Gasteiger partial charge in [-0.05, 0) is 30.2 Å². The largest absolute Gasteiger partial charge is 0.379 e. The van der Waals surface area contributed by atoms with Gasteiger partial charge in [-0.3, -0.25) is 4.79 Å². The molecule has 0 bridgehead atoms. The second kappa shape index (κ2) is 8.21. The van der Waals surface area contributed by atoms with E-state index in [1.54, 1.807) is 30.1 Å². The van der Waals surface area contributed by atoms with Crippen molar-refractivity contribution in [3.8, 4) is 0 Å². The second-order valence-corrected chi connectivity index (χ2v) is 8.51. The van der Waals surface area contributed by atoms with E-state index in [0.29, 0.717) is 32.8 Å². The lowest BCUT2D eigenvalue weighted by Gasteiger charge is -2.27. The van der Waals surface area contributed by atoms with Crippen LogP contribution in [0.4, 0.5) is 0 Å². The molecule has 144 valence electrons. The van der Waals surface area contributed by atoms with Gasteiger partial charge in [0.2, 0.25) is 10.0 Å². The molecule has 1 aliphatic rings. The number of carbonyl (C=O) groups excluding carboxylic acids is 1. The van der Waals surface area contributed by atoms with E-state index in [4.69, 9.17) is 4.74 Å². The zero-order chi connectivity index (χ0) is 19.4. The number of hydrogen-bond donors (Lipinski definition) is 0. The molecule has 1 fully saturated rings. The predicted octanol–water partition coefficient (Wildman–Crippen LogP) is 2.29. The molecular formula is C20H24N2O4S. The SMILES string of the molecule is Cc1ccccc1CN(C)C(=O)c1ccccc1S(=O)(=O)N1CCOCC1. The molecule has 0 radical (unpaired) electrons. The molecular weight excluding hydrogens is 364 g/mol. The lowest BCUT2D eigenvalue weighted by molar-refractivity contribution is 0.0727. The van der Waals surface area contributed by atoms with Gasteiger partial charge in [0.15, 0.2) is 0 Å². The van der Waals surface area contributed by atoms with Gasteiger partial charge in [0.1, 0.15) is 0 Å². The summed E-state index contributed by atoms with van der Waals surface area (Å²) in [5.74, 6) is -0.314. The molecule has 2 aromatic rings. The lowest BCUT2D eigenvalue weighted by Crippen LogP contribution is -2.41. The monoisotopic (exact) mass is 388 g/mol. The zero-order valence-electron chi connectivity index (χ0n) is 15.6. The summed E-state index contributed by atoms with van der Waals surface area (Å²) in [6, 6.07) is 14.2. The van der Waals surface area contributed by atoms with Crippen LogP contribution < -0.4 is 0 Å². The molecule has 2 aromatic carbocycles. The van der Waals surface area contributed by atoms with Crippen LogP contribution in [0.1, 0.15) is 21.5 Å². The van der Waals surface area contributed by atoms with Crippen molar-refractivity contribution >= 4 is 15.9 Å². The van der Waals surface area contributed by atoms with Crippen molar-refractivity contribution in [3.05, 3.63) is 65.2 Å². The van der Waals surface area contributed by atoms with Crippen molar-refractivity contribution in [1.29, 1.82) is 0 Å². The first-order valence-corrected chi connectivity index (χ1v) is 10.3. The third-order valence-electron chi connectivity index (χ3n) is 4.72. The lowest BCUT2D eigenvalue weighted by atomic mass is 10.1. The molecule has 7 heteroatoms. The highest BCUT2D eigenvalue weighted by molar-refractivity contribution is 7.89. The molecule has 0 saturated carbocycles. The summed E-state index contributed by atoms with van der Waals surface area (Å²) in [7, 11) is -2.06. The first-order chi connectivity index (χ1) is 12.9. The maximum Gasteiger partial charge on any atom is 0.255 e. The van der Waals surface area contributed by atoms with Crippen molar-refractivity contribution in [1.82, 2.24) is 9.21 Å². The summed E-state index contributed by atoms with van der Waals surface area (Å²) in [5.41, 5.74) is 2.31. The first-order valence-electron chi connectivity index (χ1n) is 8.88. The van der Waals surface area contributed by atoms with Crippen molar-refractivity contribution in [2.24, 2.45) is 0 Å². The van der Waals surface area contributed by atoms with E-state index < -0.39 is 10.0 Å². The summed E-state index contributed by atoms with van der Waals surface area (Å²) in [4.78, 5) is 14.6. The average molecular weight is 388 g/mol. The molecule has 0 aliphatic carbocycles. The molecule has 1 saturated heterocycles. The second-order valence-electron chi connectivity index (χ2n) is 6.60.